The lowest BCUT2D eigenvalue weighted by atomic mass is 10.1. The van der Waals surface area contributed by atoms with Crippen LogP contribution in [-0.4, -0.2) is 16.9 Å². The van der Waals surface area contributed by atoms with Crippen molar-refractivity contribution >= 4 is 22.6 Å². The number of benzene rings is 1. The van der Waals surface area contributed by atoms with Crippen LogP contribution in [0.1, 0.15) is 36.5 Å². The second kappa shape index (κ2) is 5.12. The van der Waals surface area contributed by atoms with Crippen LogP contribution in [0.25, 0.3) is 10.9 Å². The quantitative estimate of drug-likeness (QED) is 0.896. The summed E-state index contributed by atoms with van der Waals surface area (Å²) in [6.07, 6.45) is 3.65. The average molecular weight is 269 g/mol. The molecule has 3 rings (SSSR count). The maximum atomic E-state index is 12.4. The Bertz CT molecular complexity index is 649. The molecule has 0 aliphatic heterocycles. The van der Waals surface area contributed by atoms with Crippen molar-refractivity contribution in [3.8, 4) is 0 Å². The van der Waals surface area contributed by atoms with Crippen LogP contribution in [-0.2, 0) is 0 Å². The zero-order valence-corrected chi connectivity index (χ0v) is 11.6. The molecule has 1 fully saturated rings. The predicted molar refractivity (Wildman–Crippen MR) is 80.4 cm³/mol. The SMILES string of the molecule is CC(CC1CC1)NC(=O)c1cc(N)nc2ccccc12. The zero-order valence-electron chi connectivity index (χ0n) is 11.6. The summed E-state index contributed by atoms with van der Waals surface area (Å²) in [6, 6.07) is 9.43. The molecule has 1 aromatic heterocycles. The monoisotopic (exact) mass is 269 g/mol. The number of nitrogens with zero attached hydrogens (tertiary/aromatic N) is 1. The standard InChI is InChI=1S/C16H19N3O/c1-10(8-11-6-7-11)18-16(20)13-9-15(17)19-14-5-3-2-4-12(13)14/h2-5,9-11H,6-8H2,1H3,(H2,17,19)(H,18,20). The molecule has 1 saturated carbocycles. The van der Waals surface area contributed by atoms with E-state index in [1.807, 2.05) is 24.3 Å². The number of fused-ring (bicyclic) bond motifs is 1. The molecule has 1 heterocycles. The number of rotatable bonds is 4. The van der Waals surface area contributed by atoms with E-state index in [4.69, 9.17) is 5.73 Å². The lowest BCUT2D eigenvalue weighted by molar-refractivity contribution is 0.0939. The van der Waals surface area contributed by atoms with Crippen LogP contribution in [0, 0.1) is 5.92 Å². The van der Waals surface area contributed by atoms with E-state index < -0.39 is 0 Å². The van der Waals surface area contributed by atoms with Gasteiger partial charge in [-0.15, -0.1) is 0 Å². The minimum Gasteiger partial charge on any atom is -0.384 e. The molecule has 104 valence electrons. The number of nitrogens with two attached hydrogens (primary N) is 1. The van der Waals surface area contributed by atoms with Crippen molar-refractivity contribution in [1.82, 2.24) is 10.3 Å². The Morgan fingerprint density at radius 1 is 1.45 bits per heavy atom. The first-order valence-corrected chi connectivity index (χ1v) is 7.09. The van der Waals surface area contributed by atoms with Gasteiger partial charge in [0.1, 0.15) is 5.82 Å². The van der Waals surface area contributed by atoms with Gasteiger partial charge in [0.25, 0.3) is 5.91 Å². The minimum absolute atomic E-state index is 0.0662. The fourth-order valence-corrected chi connectivity index (χ4v) is 2.60. The molecule has 4 nitrogen and oxygen atoms in total. The molecular formula is C16H19N3O. The molecule has 0 radical (unpaired) electrons. The third-order valence-electron chi connectivity index (χ3n) is 3.74. The van der Waals surface area contributed by atoms with Crippen molar-refractivity contribution < 1.29 is 4.79 Å². The first-order chi connectivity index (χ1) is 9.63. The van der Waals surface area contributed by atoms with Gasteiger partial charge in [-0.05, 0) is 31.4 Å². The molecule has 0 saturated heterocycles. The van der Waals surface area contributed by atoms with E-state index in [0.29, 0.717) is 11.4 Å². The second-order valence-corrected chi connectivity index (χ2v) is 5.67. The van der Waals surface area contributed by atoms with E-state index in [9.17, 15) is 4.79 Å². The first kappa shape index (κ1) is 12.9. The van der Waals surface area contributed by atoms with Gasteiger partial charge in [0, 0.05) is 11.4 Å². The maximum absolute atomic E-state index is 12.4. The van der Waals surface area contributed by atoms with Crippen LogP contribution in [0.3, 0.4) is 0 Å². The largest absolute Gasteiger partial charge is 0.384 e. The normalized spacial score (nSPS) is 16.1. The molecule has 3 N–H and O–H groups in total. The molecule has 4 heteroatoms. The average Bonchev–Trinajstić information content (AvgIpc) is 3.21. The molecular weight excluding hydrogens is 250 g/mol. The van der Waals surface area contributed by atoms with Crippen LogP contribution in [0.4, 0.5) is 5.82 Å². The highest BCUT2D eigenvalue weighted by atomic mass is 16.1. The highest BCUT2D eigenvalue weighted by Gasteiger charge is 2.24. The van der Waals surface area contributed by atoms with Crippen LogP contribution in [0.15, 0.2) is 30.3 Å². The Kier molecular flexibility index (Phi) is 3.30. The Labute approximate surface area is 118 Å². The second-order valence-electron chi connectivity index (χ2n) is 5.67. The number of aromatic nitrogens is 1. The number of carbonyl (C=O) groups excluding carboxylic acids is 1. The summed E-state index contributed by atoms with van der Waals surface area (Å²) in [5.41, 5.74) is 7.16. The number of pyridine rings is 1. The summed E-state index contributed by atoms with van der Waals surface area (Å²) in [5, 5.41) is 3.91. The third-order valence-corrected chi connectivity index (χ3v) is 3.74. The molecule has 1 amide bonds. The summed E-state index contributed by atoms with van der Waals surface area (Å²) in [7, 11) is 0. The molecule has 2 aromatic rings. The summed E-state index contributed by atoms with van der Waals surface area (Å²) < 4.78 is 0. The summed E-state index contributed by atoms with van der Waals surface area (Å²) in [5.74, 6) is 1.11. The Morgan fingerprint density at radius 2 is 2.20 bits per heavy atom. The molecule has 1 atom stereocenters. The van der Waals surface area contributed by atoms with Crippen molar-refractivity contribution in [2.24, 2.45) is 5.92 Å². The number of hydrogen-bond donors (Lipinski definition) is 2. The number of nitrogens with one attached hydrogen (secondary N) is 1. The Hall–Kier alpha value is -2.10. The van der Waals surface area contributed by atoms with Gasteiger partial charge < -0.3 is 11.1 Å². The molecule has 0 spiro atoms. The number of nitrogen functional groups attached to an aromatic ring is 1. The fourth-order valence-electron chi connectivity index (χ4n) is 2.60. The van der Waals surface area contributed by atoms with Crippen LogP contribution in [0.5, 0.6) is 0 Å². The van der Waals surface area contributed by atoms with Gasteiger partial charge in [-0.25, -0.2) is 4.98 Å². The maximum Gasteiger partial charge on any atom is 0.252 e. The molecule has 1 unspecified atom stereocenters. The van der Waals surface area contributed by atoms with Gasteiger partial charge in [-0.3, -0.25) is 4.79 Å². The highest BCUT2D eigenvalue weighted by molar-refractivity contribution is 6.06. The van der Waals surface area contributed by atoms with Gasteiger partial charge in [0.05, 0.1) is 11.1 Å². The molecule has 20 heavy (non-hydrogen) atoms. The van der Waals surface area contributed by atoms with Gasteiger partial charge in [-0.2, -0.15) is 0 Å². The predicted octanol–water partition coefficient (Wildman–Crippen LogP) is 2.74. The molecule has 0 bridgehead atoms. The summed E-state index contributed by atoms with van der Waals surface area (Å²) in [4.78, 5) is 16.7. The third kappa shape index (κ3) is 2.74. The van der Waals surface area contributed by atoms with E-state index in [1.165, 1.54) is 12.8 Å². The Balaban J connectivity index is 1.86. The lowest BCUT2D eigenvalue weighted by Crippen LogP contribution is -2.33. The summed E-state index contributed by atoms with van der Waals surface area (Å²) in [6.45, 7) is 2.06. The van der Waals surface area contributed by atoms with E-state index in [0.717, 1.165) is 23.2 Å². The number of carbonyl (C=O) groups is 1. The van der Waals surface area contributed by atoms with Crippen molar-refractivity contribution in [1.29, 1.82) is 0 Å². The van der Waals surface area contributed by atoms with Gasteiger partial charge in [0.15, 0.2) is 0 Å². The van der Waals surface area contributed by atoms with Crippen molar-refractivity contribution in [3.05, 3.63) is 35.9 Å². The van der Waals surface area contributed by atoms with Gasteiger partial charge in [-0.1, -0.05) is 31.0 Å². The Morgan fingerprint density at radius 3 is 2.95 bits per heavy atom. The van der Waals surface area contributed by atoms with E-state index in [1.54, 1.807) is 6.07 Å². The number of para-hydroxylation sites is 1. The lowest BCUT2D eigenvalue weighted by Gasteiger charge is -2.14. The molecule has 1 aliphatic carbocycles. The fraction of sp³-hybridized carbons (Fsp3) is 0.375. The van der Waals surface area contributed by atoms with E-state index >= 15 is 0 Å². The minimum atomic E-state index is -0.0662. The van der Waals surface area contributed by atoms with Crippen molar-refractivity contribution in [2.45, 2.75) is 32.2 Å². The first-order valence-electron chi connectivity index (χ1n) is 7.09. The topological polar surface area (TPSA) is 68.0 Å². The summed E-state index contributed by atoms with van der Waals surface area (Å²) >= 11 is 0. The zero-order chi connectivity index (χ0) is 14.1. The van der Waals surface area contributed by atoms with Gasteiger partial charge in [0.2, 0.25) is 0 Å². The smallest absolute Gasteiger partial charge is 0.252 e. The van der Waals surface area contributed by atoms with Crippen molar-refractivity contribution in [3.63, 3.8) is 0 Å². The van der Waals surface area contributed by atoms with Crippen LogP contribution < -0.4 is 11.1 Å². The van der Waals surface area contributed by atoms with E-state index in [-0.39, 0.29) is 11.9 Å². The van der Waals surface area contributed by atoms with Crippen LogP contribution in [0.2, 0.25) is 0 Å². The molecule has 1 aromatic carbocycles. The molecule has 1 aliphatic rings. The van der Waals surface area contributed by atoms with Crippen molar-refractivity contribution in [2.75, 3.05) is 5.73 Å². The van der Waals surface area contributed by atoms with E-state index in [2.05, 4.69) is 17.2 Å². The van der Waals surface area contributed by atoms with Gasteiger partial charge >= 0.3 is 0 Å². The number of anilines is 1. The van der Waals surface area contributed by atoms with Crippen LogP contribution >= 0.6 is 0 Å². The highest BCUT2D eigenvalue weighted by Crippen LogP contribution is 2.33. The number of amides is 1. The number of hydrogen-bond acceptors (Lipinski definition) is 3.